The quantitative estimate of drug-likeness (QED) is 0.260. The molecular weight excluding hydrogens is 440 g/mol. The molecule has 0 fully saturated rings. The molecule has 1 heterocycles. The second kappa shape index (κ2) is 8.98. The summed E-state index contributed by atoms with van der Waals surface area (Å²) in [6.07, 6.45) is 0. The summed E-state index contributed by atoms with van der Waals surface area (Å²) in [6, 6.07) is 34.0. The molecule has 3 nitrogen and oxygen atoms in total. The van der Waals surface area contributed by atoms with E-state index in [0.29, 0.717) is 5.89 Å². The number of hydrogen-bond acceptors (Lipinski definition) is 3. The minimum Gasteiger partial charge on any atom is -0.434 e. The fourth-order valence-electron chi connectivity index (χ4n) is 4.69. The zero-order valence-corrected chi connectivity index (χ0v) is 22.0. The molecule has 0 bridgehead atoms. The van der Waals surface area contributed by atoms with Gasteiger partial charge in [-0.05, 0) is 79.3 Å². The highest BCUT2D eigenvalue weighted by molar-refractivity contribution is 5.92. The lowest BCUT2D eigenvalue weighted by Crippen LogP contribution is -2.37. The number of anilines is 2. The number of para-hydroxylation sites is 1. The van der Waals surface area contributed by atoms with Crippen molar-refractivity contribution >= 4 is 22.5 Å². The molecule has 0 aliphatic heterocycles. The highest BCUT2D eigenvalue weighted by Gasteiger charge is 2.27. The van der Waals surface area contributed by atoms with Gasteiger partial charge < -0.3 is 9.32 Å². The summed E-state index contributed by atoms with van der Waals surface area (Å²) in [6.45, 7) is 13.4. The minimum atomic E-state index is -0.192. The van der Waals surface area contributed by atoms with Gasteiger partial charge in [-0.15, -0.1) is 0 Å². The summed E-state index contributed by atoms with van der Waals surface area (Å²) in [7, 11) is 0. The molecule has 182 valence electrons. The van der Waals surface area contributed by atoms with Gasteiger partial charge in [0.25, 0.3) is 0 Å². The summed E-state index contributed by atoms with van der Waals surface area (Å²) in [5, 5.41) is 0. The maximum atomic E-state index is 6.39. The van der Waals surface area contributed by atoms with Crippen LogP contribution in [0.5, 0.6) is 0 Å². The van der Waals surface area contributed by atoms with E-state index in [2.05, 4.69) is 107 Å². The number of benzene rings is 4. The molecule has 36 heavy (non-hydrogen) atoms. The number of fused-ring (bicyclic) bond motifs is 1. The number of nitrogens with zero attached hydrogens (tertiary/aromatic N) is 2. The Morgan fingerprint density at radius 2 is 1.31 bits per heavy atom. The van der Waals surface area contributed by atoms with Crippen LogP contribution in [0.4, 0.5) is 11.4 Å². The van der Waals surface area contributed by atoms with Crippen molar-refractivity contribution in [1.29, 1.82) is 0 Å². The average Bonchev–Trinajstić information content (AvgIpc) is 3.29. The average molecular weight is 475 g/mol. The van der Waals surface area contributed by atoms with E-state index >= 15 is 0 Å². The van der Waals surface area contributed by atoms with Gasteiger partial charge >= 0.3 is 0 Å². The first kappa shape index (κ1) is 23.9. The second-order valence-corrected chi connectivity index (χ2v) is 11.4. The molecule has 5 rings (SSSR count). The van der Waals surface area contributed by atoms with Gasteiger partial charge in [0.1, 0.15) is 5.52 Å². The van der Waals surface area contributed by atoms with Crippen molar-refractivity contribution in [3.63, 3.8) is 0 Å². The standard InChI is InChI=1S/C33H34N2O/c1-32(2,3)26-20-18-23(19-21-26)25-14-10-15-27(22-25)35(33(4,5)6)29-17-11-16-28-30(29)36-31(34-28)24-12-8-7-9-13-24/h7-22H,1-6H3. The molecule has 1 aromatic heterocycles. The Labute approximate surface area is 214 Å². The number of aromatic nitrogens is 1. The predicted octanol–water partition coefficient (Wildman–Crippen LogP) is 9.40. The highest BCUT2D eigenvalue weighted by atomic mass is 16.3. The Hall–Kier alpha value is -3.85. The van der Waals surface area contributed by atoms with E-state index in [1.807, 2.05) is 36.4 Å². The summed E-state index contributed by atoms with van der Waals surface area (Å²) in [5.41, 5.74) is 8.44. The number of oxazole rings is 1. The normalized spacial score (nSPS) is 12.2. The Bertz CT molecular complexity index is 1480. The molecule has 0 amide bonds. The van der Waals surface area contributed by atoms with Crippen LogP contribution in [0, 0.1) is 0 Å². The Balaban J connectivity index is 1.60. The molecule has 0 spiro atoms. The molecule has 0 unspecified atom stereocenters. The van der Waals surface area contributed by atoms with Crippen molar-refractivity contribution in [3.8, 4) is 22.6 Å². The van der Waals surface area contributed by atoms with Crippen molar-refractivity contribution in [2.75, 3.05) is 4.90 Å². The topological polar surface area (TPSA) is 29.3 Å². The molecule has 0 N–H and O–H groups in total. The van der Waals surface area contributed by atoms with Crippen molar-refractivity contribution in [1.82, 2.24) is 4.98 Å². The summed E-state index contributed by atoms with van der Waals surface area (Å²) >= 11 is 0. The lowest BCUT2D eigenvalue weighted by atomic mass is 9.86. The zero-order valence-electron chi connectivity index (χ0n) is 22.0. The minimum absolute atomic E-state index is 0.137. The molecule has 0 aliphatic carbocycles. The molecule has 0 aliphatic rings. The fraction of sp³-hybridized carbons (Fsp3) is 0.242. The van der Waals surface area contributed by atoms with Gasteiger partial charge in [-0.2, -0.15) is 0 Å². The summed E-state index contributed by atoms with van der Waals surface area (Å²) in [5.74, 6) is 0.639. The molecular formula is C33H34N2O. The van der Waals surface area contributed by atoms with Crippen LogP contribution in [0.2, 0.25) is 0 Å². The third-order valence-electron chi connectivity index (χ3n) is 6.52. The van der Waals surface area contributed by atoms with E-state index in [1.165, 1.54) is 16.7 Å². The van der Waals surface area contributed by atoms with Crippen molar-refractivity contribution in [2.24, 2.45) is 0 Å². The van der Waals surface area contributed by atoms with Gasteiger partial charge in [0.15, 0.2) is 5.58 Å². The number of rotatable bonds is 4. The van der Waals surface area contributed by atoms with E-state index in [9.17, 15) is 0 Å². The van der Waals surface area contributed by atoms with E-state index in [4.69, 9.17) is 9.40 Å². The van der Waals surface area contributed by atoms with Crippen LogP contribution in [-0.4, -0.2) is 10.5 Å². The number of hydrogen-bond donors (Lipinski definition) is 0. The van der Waals surface area contributed by atoms with Crippen LogP contribution in [0.15, 0.2) is 101 Å². The van der Waals surface area contributed by atoms with Crippen LogP contribution in [0.3, 0.4) is 0 Å². The van der Waals surface area contributed by atoms with Gasteiger partial charge in [0.05, 0.1) is 5.69 Å². The lowest BCUT2D eigenvalue weighted by molar-refractivity contribution is 0.554. The molecule has 3 heteroatoms. The highest BCUT2D eigenvalue weighted by Crippen LogP contribution is 2.40. The molecule has 0 saturated heterocycles. The van der Waals surface area contributed by atoms with Gasteiger partial charge in [0.2, 0.25) is 5.89 Å². The van der Waals surface area contributed by atoms with Crippen LogP contribution in [-0.2, 0) is 5.41 Å². The van der Waals surface area contributed by atoms with E-state index < -0.39 is 0 Å². The van der Waals surface area contributed by atoms with Crippen LogP contribution in [0.1, 0.15) is 47.1 Å². The van der Waals surface area contributed by atoms with Gasteiger partial charge in [-0.3, -0.25) is 0 Å². The van der Waals surface area contributed by atoms with Crippen molar-refractivity contribution in [2.45, 2.75) is 52.5 Å². The van der Waals surface area contributed by atoms with E-state index in [-0.39, 0.29) is 11.0 Å². The molecule has 0 saturated carbocycles. The first-order valence-electron chi connectivity index (χ1n) is 12.6. The Morgan fingerprint density at radius 1 is 0.639 bits per heavy atom. The molecule has 0 atom stereocenters. The second-order valence-electron chi connectivity index (χ2n) is 11.4. The zero-order chi connectivity index (χ0) is 25.5. The van der Waals surface area contributed by atoms with Crippen LogP contribution in [0.25, 0.3) is 33.7 Å². The third kappa shape index (κ3) is 4.66. The molecule has 0 radical (unpaired) electrons. The SMILES string of the molecule is CC(C)(C)c1ccc(-c2cccc(N(c3cccc4nc(-c5ccccc5)oc34)C(C)(C)C)c2)cc1. The molecule has 4 aromatic carbocycles. The summed E-state index contributed by atoms with van der Waals surface area (Å²) < 4.78 is 6.39. The monoisotopic (exact) mass is 474 g/mol. The van der Waals surface area contributed by atoms with Gasteiger partial charge in [-0.1, -0.05) is 81.4 Å². The van der Waals surface area contributed by atoms with Gasteiger partial charge in [-0.25, -0.2) is 4.98 Å². The van der Waals surface area contributed by atoms with Crippen molar-refractivity contribution in [3.05, 3.63) is 103 Å². The van der Waals surface area contributed by atoms with E-state index in [1.54, 1.807) is 0 Å². The largest absolute Gasteiger partial charge is 0.434 e. The van der Waals surface area contributed by atoms with Crippen LogP contribution >= 0.6 is 0 Å². The first-order valence-corrected chi connectivity index (χ1v) is 12.6. The first-order chi connectivity index (χ1) is 17.1. The summed E-state index contributed by atoms with van der Waals surface area (Å²) in [4.78, 5) is 7.15. The van der Waals surface area contributed by atoms with Crippen molar-refractivity contribution < 1.29 is 4.42 Å². The Morgan fingerprint density at radius 3 is 1.97 bits per heavy atom. The fourth-order valence-corrected chi connectivity index (χ4v) is 4.69. The third-order valence-corrected chi connectivity index (χ3v) is 6.52. The lowest BCUT2D eigenvalue weighted by Gasteiger charge is -2.38. The maximum absolute atomic E-state index is 6.39. The van der Waals surface area contributed by atoms with E-state index in [0.717, 1.165) is 28.0 Å². The maximum Gasteiger partial charge on any atom is 0.227 e. The van der Waals surface area contributed by atoms with Crippen LogP contribution < -0.4 is 4.90 Å². The Kier molecular flexibility index (Phi) is 5.96. The smallest absolute Gasteiger partial charge is 0.227 e. The molecule has 5 aromatic rings. The predicted molar refractivity (Wildman–Crippen MR) is 152 cm³/mol. The van der Waals surface area contributed by atoms with Gasteiger partial charge in [0, 0.05) is 16.8 Å².